The molecular weight excluding hydrogens is 815 g/mol. The van der Waals surface area contributed by atoms with E-state index in [9.17, 15) is 24.0 Å². The second kappa shape index (κ2) is 20.6. The fourth-order valence-electron chi connectivity index (χ4n) is 8.38. The molecule has 3 aromatic rings. The molecule has 4 aliphatic rings. The Morgan fingerprint density at radius 2 is 1.75 bits per heavy atom. The van der Waals surface area contributed by atoms with Crippen LogP contribution in [0.5, 0.6) is 5.75 Å². The van der Waals surface area contributed by atoms with E-state index in [1.54, 1.807) is 42.6 Å². The number of nitrogens with zero attached hydrogens (tertiary/aromatic N) is 5. The van der Waals surface area contributed by atoms with Crippen molar-refractivity contribution in [2.75, 3.05) is 73.7 Å². The van der Waals surface area contributed by atoms with Crippen LogP contribution < -0.4 is 35.8 Å². The van der Waals surface area contributed by atoms with Gasteiger partial charge in [0.2, 0.25) is 23.7 Å². The van der Waals surface area contributed by atoms with Crippen molar-refractivity contribution in [1.82, 2.24) is 25.5 Å². The number of aromatic nitrogens is 2. The van der Waals surface area contributed by atoms with E-state index in [-0.39, 0.29) is 95.4 Å². The summed E-state index contributed by atoms with van der Waals surface area (Å²) in [7, 11) is 1.51. The van der Waals surface area contributed by atoms with Crippen LogP contribution in [0, 0.1) is 10.8 Å². The Kier molecular flexibility index (Phi) is 14.5. The zero-order chi connectivity index (χ0) is 44.5. The Morgan fingerprint density at radius 1 is 0.984 bits per heavy atom. The fourth-order valence-corrected chi connectivity index (χ4v) is 8.38. The van der Waals surface area contributed by atoms with Crippen molar-refractivity contribution in [3.8, 4) is 5.75 Å². The maximum atomic E-state index is 13.0. The van der Waals surface area contributed by atoms with E-state index in [1.165, 1.54) is 16.9 Å². The third-order valence-corrected chi connectivity index (χ3v) is 11.5. The number of nitrogens with one attached hydrogen (secondary N) is 6. The molecule has 20 heteroatoms. The molecule has 2 fully saturated rings. The Morgan fingerprint density at radius 3 is 2.48 bits per heavy atom. The summed E-state index contributed by atoms with van der Waals surface area (Å²) in [6.45, 7) is 3.40. The quantitative estimate of drug-likeness (QED) is 0.0413. The Labute approximate surface area is 364 Å². The van der Waals surface area contributed by atoms with E-state index < -0.39 is 17.9 Å². The number of anilines is 5. The number of carbonyl (C=O) groups excluding carboxylic acids is 5. The van der Waals surface area contributed by atoms with Gasteiger partial charge in [-0.2, -0.15) is 4.98 Å². The highest BCUT2D eigenvalue weighted by atomic mass is 16.5. The first-order chi connectivity index (χ1) is 30.6. The molecule has 1 aromatic heterocycles. The van der Waals surface area contributed by atoms with Crippen molar-refractivity contribution in [1.29, 1.82) is 10.8 Å². The summed E-state index contributed by atoms with van der Waals surface area (Å²) in [5.74, 6) is -0.148. The molecule has 6 N–H and O–H groups in total. The van der Waals surface area contributed by atoms with E-state index >= 15 is 0 Å². The Bertz CT molecular complexity index is 2230. The summed E-state index contributed by atoms with van der Waals surface area (Å²) in [6.07, 6.45) is 8.16. The van der Waals surface area contributed by atoms with Crippen molar-refractivity contribution in [3.05, 3.63) is 59.3 Å². The number of carbonyl (C=O) groups is 5. The predicted molar refractivity (Wildman–Crippen MR) is 232 cm³/mol. The van der Waals surface area contributed by atoms with Crippen molar-refractivity contribution in [3.63, 3.8) is 0 Å². The number of piperidine rings is 1. The van der Waals surface area contributed by atoms with Gasteiger partial charge in [0, 0.05) is 47.9 Å². The standard InChI is InChI=1S/C43H53N11O9/c1-3-32-38(45)53(25-44)34-22-47-43(51-39(34)54(32)27-7-4-5-8-27)49-31-12-11-26(21-35(31)60-2)40(57)46-15-16-61-17-18-62-19-20-63-24-37(56)48-30-10-6-9-28-29(30)23-52(42(28)59)33-13-14-36(55)50-41(33)58/h6,9-12,21-22,25,27,32-33,44-45H,3-5,7-8,13-20,23-24H2,1-2H3,(H,46,57)(H,48,56)(H,47,49,51)(H,50,55,58)/t32-,33?/m1/s1. The monoisotopic (exact) mass is 867 g/mol. The minimum absolute atomic E-state index is 0.136. The minimum atomic E-state index is -0.752. The highest BCUT2D eigenvalue weighted by molar-refractivity contribution is 6.16. The van der Waals surface area contributed by atoms with Crippen LogP contribution >= 0.6 is 0 Å². The highest BCUT2D eigenvalue weighted by Gasteiger charge is 2.41. The summed E-state index contributed by atoms with van der Waals surface area (Å²) < 4.78 is 22.2. The van der Waals surface area contributed by atoms with Gasteiger partial charge in [-0.3, -0.25) is 45.0 Å². The molecule has 1 saturated heterocycles. The average Bonchev–Trinajstić information content (AvgIpc) is 3.94. The Hall–Kier alpha value is -6.51. The van der Waals surface area contributed by atoms with Gasteiger partial charge in [-0.1, -0.05) is 25.8 Å². The third-order valence-electron chi connectivity index (χ3n) is 11.5. The van der Waals surface area contributed by atoms with Crippen LogP contribution in [-0.4, -0.2) is 128 Å². The topological polar surface area (TPSA) is 254 Å². The number of hydrogen-bond acceptors (Lipinski definition) is 15. The minimum Gasteiger partial charge on any atom is -0.495 e. The first kappa shape index (κ1) is 44.5. The van der Waals surface area contributed by atoms with Gasteiger partial charge in [0.25, 0.3) is 11.8 Å². The van der Waals surface area contributed by atoms with Gasteiger partial charge < -0.3 is 44.7 Å². The maximum Gasteiger partial charge on any atom is 0.255 e. The summed E-state index contributed by atoms with van der Waals surface area (Å²) in [4.78, 5) is 77.2. The zero-order valence-corrected chi connectivity index (χ0v) is 35.4. The van der Waals surface area contributed by atoms with E-state index in [0.29, 0.717) is 63.5 Å². The lowest BCUT2D eigenvalue weighted by atomic mass is 10.0. The highest BCUT2D eigenvalue weighted by Crippen LogP contribution is 2.41. The summed E-state index contributed by atoms with van der Waals surface area (Å²) in [5.41, 5.74) is 2.99. The van der Waals surface area contributed by atoms with Crippen molar-refractivity contribution in [2.45, 2.75) is 76.5 Å². The average molecular weight is 868 g/mol. The molecule has 0 radical (unpaired) electrons. The molecule has 2 aromatic carbocycles. The summed E-state index contributed by atoms with van der Waals surface area (Å²) in [5, 5.41) is 27.9. The van der Waals surface area contributed by atoms with E-state index in [4.69, 9.17) is 34.7 Å². The van der Waals surface area contributed by atoms with Crippen molar-refractivity contribution >= 4 is 70.5 Å². The van der Waals surface area contributed by atoms with Gasteiger partial charge in [-0.05, 0) is 56.0 Å². The van der Waals surface area contributed by atoms with Crippen LogP contribution in [0.1, 0.15) is 78.1 Å². The van der Waals surface area contributed by atoms with E-state index in [2.05, 4.69) is 31.2 Å². The molecule has 63 heavy (non-hydrogen) atoms. The van der Waals surface area contributed by atoms with E-state index in [1.807, 2.05) is 6.92 Å². The van der Waals surface area contributed by atoms with Gasteiger partial charge in [-0.25, -0.2) is 4.98 Å². The summed E-state index contributed by atoms with van der Waals surface area (Å²) in [6, 6.07) is 9.29. The van der Waals surface area contributed by atoms with Crippen LogP contribution in [0.15, 0.2) is 42.6 Å². The van der Waals surface area contributed by atoms with Crippen LogP contribution in [0.4, 0.5) is 28.8 Å². The third kappa shape index (κ3) is 10.1. The lowest BCUT2D eigenvalue weighted by molar-refractivity contribution is -0.137. The van der Waals surface area contributed by atoms with Gasteiger partial charge >= 0.3 is 0 Å². The lowest BCUT2D eigenvalue weighted by Crippen LogP contribution is -2.56. The largest absolute Gasteiger partial charge is 0.495 e. The molecule has 1 saturated carbocycles. The van der Waals surface area contributed by atoms with Gasteiger partial charge in [0.05, 0.1) is 64.4 Å². The number of methoxy groups -OCH3 is 1. The number of imide groups is 1. The molecule has 1 unspecified atom stereocenters. The number of rotatable bonds is 20. The molecule has 0 spiro atoms. The van der Waals surface area contributed by atoms with Crippen molar-refractivity contribution < 1.29 is 42.9 Å². The molecule has 334 valence electrons. The molecule has 0 bridgehead atoms. The molecule has 7 rings (SSSR count). The fraction of sp³-hybridized carbons (Fsp3) is 0.465. The van der Waals surface area contributed by atoms with E-state index in [0.717, 1.165) is 32.0 Å². The predicted octanol–water partition coefficient (Wildman–Crippen LogP) is 3.34. The van der Waals surface area contributed by atoms with Gasteiger partial charge in [0.1, 0.15) is 29.9 Å². The molecule has 4 heterocycles. The first-order valence-electron chi connectivity index (χ1n) is 21.2. The first-order valence-corrected chi connectivity index (χ1v) is 21.2. The Balaban J connectivity index is 0.791. The van der Waals surface area contributed by atoms with Crippen LogP contribution in [0.3, 0.4) is 0 Å². The molecule has 20 nitrogen and oxygen atoms in total. The number of ether oxygens (including phenoxy) is 4. The number of benzene rings is 2. The SMILES string of the molecule is CC[C@@H]1C(=N)N(C=N)c2cnc(Nc3ccc(C(=O)NCCOCCOCCOCC(=O)Nc4cccc5c4CN(C4CCC(=O)NC4=O)C5=O)cc3OC)nc2N1C1CCCC1. The van der Waals surface area contributed by atoms with Gasteiger partial charge in [-0.15, -0.1) is 0 Å². The second-order valence-corrected chi connectivity index (χ2v) is 15.4. The number of fused-ring (bicyclic) bond motifs is 2. The van der Waals surface area contributed by atoms with Crippen LogP contribution in [0.25, 0.3) is 0 Å². The number of hydrogen-bond donors (Lipinski definition) is 6. The molecular formula is C43H53N11O9. The molecule has 2 atom stereocenters. The second-order valence-electron chi connectivity index (χ2n) is 15.4. The summed E-state index contributed by atoms with van der Waals surface area (Å²) >= 11 is 0. The lowest BCUT2D eigenvalue weighted by Gasteiger charge is -2.44. The van der Waals surface area contributed by atoms with Gasteiger partial charge in [0.15, 0.2) is 5.82 Å². The number of amidine groups is 1. The smallest absolute Gasteiger partial charge is 0.255 e. The normalized spacial score (nSPS) is 18.5. The molecule has 1 aliphatic carbocycles. The zero-order valence-electron chi connectivity index (χ0n) is 35.4. The number of amides is 5. The van der Waals surface area contributed by atoms with Crippen LogP contribution in [0.2, 0.25) is 0 Å². The molecule has 3 aliphatic heterocycles. The molecule has 5 amide bonds. The van der Waals surface area contributed by atoms with Crippen LogP contribution in [-0.2, 0) is 35.1 Å². The maximum absolute atomic E-state index is 13.0. The van der Waals surface area contributed by atoms with Crippen molar-refractivity contribution in [2.24, 2.45) is 0 Å².